The van der Waals surface area contributed by atoms with Gasteiger partial charge in [0.15, 0.2) is 11.2 Å². The van der Waals surface area contributed by atoms with Gasteiger partial charge in [-0.1, -0.05) is 11.6 Å². The lowest BCUT2D eigenvalue weighted by Crippen LogP contribution is -2.44. The van der Waals surface area contributed by atoms with Crippen LogP contribution in [0.1, 0.15) is 37.4 Å². The molecule has 2 heterocycles. The Kier molecular flexibility index (Phi) is 5.38. The van der Waals surface area contributed by atoms with Gasteiger partial charge in [-0.3, -0.25) is 0 Å². The summed E-state index contributed by atoms with van der Waals surface area (Å²) in [4.78, 5) is 20.8. The van der Waals surface area contributed by atoms with E-state index in [9.17, 15) is 13.6 Å². The van der Waals surface area contributed by atoms with Crippen molar-refractivity contribution in [1.29, 1.82) is 0 Å². The SMILES string of the molecule is COC(=O)C1(OC)CCC(c2nc(Cl)c3cnn(CC(F)F)c3n2)CC1. The number of fused-ring (bicyclic) bond motifs is 1. The maximum atomic E-state index is 12.7. The van der Waals surface area contributed by atoms with Gasteiger partial charge in [0.05, 0.1) is 18.7 Å². The summed E-state index contributed by atoms with van der Waals surface area (Å²) in [5, 5.41) is 4.54. The van der Waals surface area contributed by atoms with Crippen LogP contribution in [0, 0.1) is 0 Å². The molecule has 0 radical (unpaired) electrons. The van der Waals surface area contributed by atoms with E-state index in [0.717, 1.165) is 4.68 Å². The van der Waals surface area contributed by atoms with Gasteiger partial charge in [0.2, 0.25) is 0 Å². The van der Waals surface area contributed by atoms with Crippen LogP contribution in [0.4, 0.5) is 8.78 Å². The minimum absolute atomic E-state index is 0.0558. The molecular weight excluding hydrogens is 370 g/mol. The van der Waals surface area contributed by atoms with Gasteiger partial charge in [0.25, 0.3) is 6.43 Å². The third kappa shape index (κ3) is 3.37. The first-order chi connectivity index (χ1) is 12.4. The third-order valence-corrected chi connectivity index (χ3v) is 5.17. The molecule has 0 saturated heterocycles. The Hall–Kier alpha value is -1.87. The van der Waals surface area contributed by atoms with Gasteiger partial charge in [-0.05, 0) is 25.7 Å². The van der Waals surface area contributed by atoms with Crippen molar-refractivity contribution in [1.82, 2.24) is 19.7 Å². The molecule has 2 aromatic heterocycles. The van der Waals surface area contributed by atoms with Gasteiger partial charge in [0.1, 0.15) is 17.5 Å². The molecule has 142 valence electrons. The molecule has 0 amide bonds. The average Bonchev–Trinajstić information content (AvgIpc) is 3.03. The molecule has 1 fully saturated rings. The van der Waals surface area contributed by atoms with E-state index in [4.69, 9.17) is 21.1 Å². The lowest BCUT2D eigenvalue weighted by Gasteiger charge is -2.36. The zero-order chi connectivity index (χ0) is 18.9. The van der Waals surface area contributed by atoms with E-state index in [1.54, 1.807) is 0 Å². The summed E-state index contributed by atoms with van der Waals surface area (Å²) < 4.78 is 36.8. The molecule has 3 rings (SSSR count). The van der Waals surface area contributed by atoms with Crippen LogP contribution in [-0.2, 0) is 20.8 Å². The molecule has 10 heteroatoms. The molecule has 1 saturated carbocycles. The highest BCUT2D eigenvalue weighted by atomic mass is 35.5. The van der Waals surface area contributed by atoms with Crippen molar-refractivity contribution in [3.05, 3.63) is 17.2 Å². The molecule has 1 aliphatic carbocycles. The summed E-state index contributed by atoms with van der Waals surface area (Å²) in [6.45, 7) is -0.559. The lowest BCUT2D eigenvalue weighted by atomic mass is 9.78. The number of hydrogen-bond donors (Lipinski definition) is 0. The van der Waals surface area contributed by atoms with Crippen molar-refractivity contribution < 1.29 is 23.0 Å². The maximum absolute atomic E-state index is 12.7. The van der Waals surface area contributed by atoms with E-state index in [2.05, 4.69) is 15.1 Å². The van der Waals surface area contributed by atoms with Crippen LogP contribution in [-0.4, -0.2) is 52.0 Å². The van der Waals surface area contributed by atoms with Crippen LogP contribution in [0.3, 0.4) is 0 Å². The number of nitrogens with zero attached hydrogens (tertiary/aromatic N) is 4. The van der Waals surface area contributed by atoms with Crippen molar-refractivity contribution in [2.24, 2.45) is 0 Å². The fourth-order valence-electron chi connectivity index (χ4n) is 3.40. The second-order valence-corrected chi connectivity index (χ2v) is 6.65. The lowest BCUT2D eigenvalue weighted by molar-refractivity contribution is -0.170. The van der Waals surface area contributed by atoms with Crippen LogP contribution in [0.25, 0.3) is 11.0 Å². The van der Waals surface area contributed by atoms with Crippen molar-refractivity contribution in [3.8, 4) is 0 Å². The van der Waals surface area contributed by atoms with Gasteiger partial charge in [-0.25, -0.2) is 28.2 Å². The molecule has 2 aromatic rings. The topological polar surface area (TPSA) is 79.1 Å². The smallest absolute Gasteiger partial charge is 0.338 e. The molecule has 0 aromatic carbocycles. The van der Waals surface area contributed by atoms with Gasteiger partial charge < -0.3 is 9.47 Å². The number of ether oxygens (including phenoxy) is 2. The van der Waals surface area contributed by atoms with Gasteiger partial charge in [-0.2, -0.15) is 5.10 Å². The molecular formula is C16H19ClF2N4O3. The molecule has 0 N–H and O–H groups in total. The summed E-state index contributed by atoms with van der Waals surface area (Å²) in [6, 6.07) is 0. The van der Waals surface area contributed by atoms with E-state index in [1.807, 2.05) is 0 Å². The van der Waals surface area contributed by atoms with Gasteiger partial charge >= 0.3 is 5.97 Å². The summed E-state index contributed by atoms with van der Waals surface area (Å²) in [7, 11) is 2.82. The van der Waals surface area contributed by atoms with Crippen LogP contribution >= 0.6 is 11.6 Å². The Morgan fingerprint density at radius 2 is 2.08 bits per heavy atom. The number of aromatic nitrogens is 4. The largest absolute Gasteiger partial charge is 0.467 e. The second kappa shape index (κ2) is 7.40. The Balaban J connectivity index is 1.86. The van der Waals surface area contributed by atoms with E-state index in [1.165, 1.54) is 20.4 Å². The van der Waals surface area contributed by atoms with Crippen LogP contribution < -0.4 is 0 Å². The fraction of sp³-hybridized carbons (Fsp3) is 0.625. The second-order valence-electron chi connectivity index (χ2n) is 6.29. The Morgan fingerprint density at radius 1 is 1.38 bits per heavy atom. The van der Waals surface area contributed by atoms with E-state index >= 15 is 0 Å². The number of esters is 1. The highest BCUT2D eigenvalue weighted by Gasteiger charge is 2.44. The predicted octanol–water partition coefficient (Wildman–Crippen LogP) is 2.96. The zero-order valence-electron chi connectivity index (χ0n) is 14.4. The molecule has 0 spiro atoms. The standard InChI is InChI=1S/C16H19ClF2N4O3/c1-25-15(24)16(26-2)5-3-9(4-6-16)13-21-12(17)10-7-20-23(8-11(18)19)14(10)22-13/h7,9,11H,3-6,8H2,1-2H3. The average molecular weight is 389 g/mol. The molecule has 0 bridgehead atoms. The highest BCUT2D eigenvalue weighted by molar-refractivity contribution is 6.33. The summed E-state index contributed by atoms with van der Waals surface area (Å²) in [5.41, 5.74) is -0.673. The van der Waals surface area contributed by atoms with Gasteiger partial charge in [0, 0.05) is 13.0 Å². The molecule has 7 nitrogen and oxygen atoms in total. The normalized spacial score (nSPS) is 23.5. The third-order valence-electron chi connectivity index (χ3n) is 4.88. The number of carbonyl (C=O) groups excluding carboxylic acids is 1. The van der Waals surface area contributed by atoms with Crippen LogP contribution in [0.5, 0.6) is 0 Å². The molecule has 0 unspecified atom stereocenters. The summed E-state index contributed by atoms with van der Waals surface area (Å²) >= 11 is 6.20. The molecule has 26 heavy (non-hydrogen) atoms. The Labute approximate surface area is 153 Å². The molecule has 1 aliphatic rings. The first-order valence-electron chi connectivity index (χ1n) is 8.21. The molecule has 0 atom stereocenters. The predicted molar refractivity (Wildman–Crippen MR) is 89.3 cm³/mol. The number of alkyl halides is 2. The number of carbonyl (C=O) groups is 1. The fourth-order valence-corrected chi connectivity index (χ4v) is 3.62. The number of methoxy groups -OCH3 is 2. The minimum Gasteiger partial charge on any atom is -0.467 e. The Morgan fingerprint density at radius 3 is 2.65 bits per heavy atom. The minimum atomic E-state index is -2.55. The van der Waals surface area contributed by atoms with Gasteiger partial charge in [-0.15, -0.1) is 0 Å². The summed E-state index contributed by atoms with van der Waals surface area (Å²) in [5.74, 6) is 0.00989. The van der Waals surface area contributed by atoms with E-state index < -0.39 is 24.5 Å². The summed E-state index contributed by atoms with van der Waals surface area (Å²) in [6.07, 6.45) is 0.929. The monoisotopic (exact) mass is 388 g/mol. The van der Waals surface area contributed by atoms with E-state index in [-0.39, 0.29) is 16.7 Å². The zero-order valence-corrected chi connectivity index (χ0v) is 15.2. The van der Waals surface area contributed by atoms with Crippen LogP contribution in [0.2, 0.25) is 5.15 Å². The molecule has 0 aliphatic heterocycles. The number of halogens is 3. The van der Waals surface area contributed by atoms with Crippen LogP contribution in [0.15, 0.2) is 6.20 Å². The first kappa shape index (κ1) is 18.9. The maximum Gasteiger partial charge on any atom is 0.338 e. The van der Waals surface area contributed by atoms with Crippen molar-refractivity contribution in [2.75, 3.05) is 14.2 Å². The number of rotatable bonds is 5. The van der Waals surface area contributed by atoms with E-state index in [0.29, 0.717) is 36.9 Å². The quantitative estimate of drug-likeness (QED) is 0.578. The highest BCUT2D eigenvalue weighted by Crippen LogP contribution is 2.40. The first-order valence-corrected chi connectivity index (χ1v) is 8.58. The van der Waals surface area contributed by atoms with Crippen molar-refractivity contribution in [3.63, 3.8) is 0 Å². The van der Waals surface area contributed by atoms with Crippen molar-refractivity contribution in [2.45, 2.75) is 50.2 Å². The Bertz CT molecular complexity index is 806. The van der Waals surface area contributed by atoms with Crippen molar-refractivity contribution >= 4 is 28.6 Å². The number of hydrogen-bond acceptors (Lipinski definition) is 6.